The third kappa shape index (κ3) is 1.87. The molecule has 0 unspecified atom stereocenters. The second kappa shape index (κ2) is 4.74. The monoisotopic (exact) mass is 286 g/mol. The molecule has 106 valence electrons. The van der Waals surface area contributed by atoms with Crippen molar-refractivity contribution in [2.24, 2.45) is 5.73 Å². The highest BCUT2D eigenvalue weighted by molar-refractivity contribution is 6.14. The normalized spacial score (nSPS) is 11.1. The second-order valence-electron chi connectivity index (χ2n) is 5.34. The standard InChI is InChI=1S/C19H14N2O/c20-19(22)13-10-8-12(9-11-13)14-5-3-7-17-18(14)15-4-1-2-6-16(15)21-17/h1-11,21H,(H2,20,22). The quantitative estimate of drug-likeness (QED) is 0.573. The lowest BCUT2D eigenvalue weighted by Crippen LogP contribution is -2.10. The maximum absolute atomic E-state index is 11.2. The third-order valence-corrected chi connectivity index (χ3v) is 4.01. The van der Waals surface area contributed by atoms with Crippen LogP contribution in [0, 0.1) is 0 Å². The van der Waals surface area contributed by atoms with E-state index in [0.29, 0.717) is 5.56 Å². The van der Waals surface area contributed by atoms with E-state index in [1.807, 2.05) is 30.3 Å². The lowest BCUT2D eigenvalue weighted by Gasteiger charge is -2.05. The third-order valence-electron chi connectivity index (χ3n) is 4.01. The number of H-pyrrole nitrogens is 1. The molecule has 0 saturated heterocycles. The van der Waals surface area contributed by atoms with Crippen molar-refractivity contribution in [2.45, 2.75) is 0 Å². The van der Waals surface area contributed by atoms with E-state index in [9.17, 15) is 4.79 Å². The SMILES string of the molecule is NC(=O)c1ccc(-c2cccc3[nH]c4ccccc4c23)cc1. The van der Waals surface area contributed by atoms with Crippen LogP contribution in [-0.2, 0) is 0 Å². The van der Waals surface area contributed by atoms with Crippen LogP contribution >= 0.6 is 0 Å². The first-order valence-corrected chi connectivity index (χ1v) is 7.14. The van der Waals surface area contributed by atoms with Gasteiger partial charge in [0.1, 0.15) is 0 Å². The molecular formula is C19H14N2O. The van der Waals surface area contributed by atoms with Gasteiger partial charge < -0.3 is 10.7 Å². The molecule has 0 bridgehead atoms. The molecule has 1 heterocycles. The van der Waals surface area contributed by atoms with E-state index >= 15 is 0 Å². The topological polar surface area (TPSA) is 58.9 Å². The number of hydrogen-bond donors (Lipinski definition) is 2. The zero-order valence-corrected chi connectivity index (χ0v) is 11.8. The van der Waals surface area contributed by atoms with Crippen molar-refractivity contribution < 1.29 is 4.79 Å². The number of rotatable bonds is 2. The van der Waals surface area contributed by atoms with Crippen molar-refractivity contribution in [3.8, 4) is 11.1 Å². The molecule has 0 aliphatic rings. The van der Waals surface area contributed by atoms with E-state index in [2.05, 4.69) is 29.2 Å². The Kier molecular flexibility index (Phi) is 2.73. The Labute approximate surface area is 127 Å². The van der Waals surface area contributed by atoms with Gasteiger partial charge in [0.25, 0.3) is 0 Å². The van der Waals surface area contributed by atoms with Crippen LogP contribution in [-0.4, -0.2) is 10.9 Å². The molecular weight excluding hydrogens is 272 g/mol. The summed E-state index contributed by atoms with van der Waals surface area (Å²) in [5, 5.41) is 2.40. The summed E-state index contributed by atoms with van der Waals surface area (Å²) < 4.78 is 0. The molecule has 0 spiro atoms. The predicted molar refractivity (Wildman–Crippen MR) is 89.8 cm³/mol. The molecule has 0 fully saturated rings. The van der Waals surface area contributed by atoms with E-state index in [4.69, 9.17) is 5.73 Å². The van der Waals surface area contributed by atoms with Crippen LogP contribution < -0.4 is 5.73 Å². The molecule has 0 saturated carbocycles. The van der Waals surface area contributed by atoms with Gasteiger partial charge in [-0.25, -0.2) is 0 Å². The molecule has 4 rings (SSSR count). The van der Waals surface area contributed by atoms with Crippen LogP contribution in [0.2, 0.25) is 0 Å². The number of para-hydroxylation sites is 1. The van der Waals surface area contributed by atoms with Crippen LogP contribution in [0.25, 0.3) is 32.9 Å². The van der Waals surface area contributed by atoms with E-state index < -0.39 is 5.91 Å². The number of carbonyl (C=O) groups excluding carboxylic acids is 1. The van der Waals surface area contributed by atoms with Crippen molar-refractivity contribution in [2.75, 3.05) is 0 Å². The van der Waals surface area contributed by atoms with Gasteiger partial charge in [-0.05, 0) is 35.4 Å². The molecule has 4 aromatic rings. The number of benzene rings is 3. The van der Waals surface area contributed by atoms with Gasteiger partial charge in [0.2, 0.25) is 5.91 Å². The van der Waals surface area contributed by atoms with Gasteiger partial charge in [-0.3, -0.25) is 4.79 Å². The lowest BCUT2D eigenvalue weighted by atomic mass is 9.98. The highest BCUT2D eigenvalue weighted by Gasteiger charge is 2.10. The summed E-state index contributed by atoms with van der Waals surface area (Å²) in [5.74, 6) is -0.406. The Morgan fingerprint density at radius 2 is 1.55 bits per heavy atom. The van der Waals surface area contributed by atoms with Gasteiger partial charge in [0.05, 0.1) is 0 Å². The van der Waals surface area contributed by atoms with Crippen LogP contribution in [0.1, 0.15) is 10.4 Å². The van der Waals surface area contributed by atoms with Crippen LogP contribution in [0.5, 0.6) is 0 Å². The fraction of sp³-hybridized carbons (Fsp3) is 0. The largest absolute Gasteiger partial charge is 0.366 e. The van der Waals surface area contributed by atoms with Crippen LogP contribution in [0.4, 0.5) is 0 Å². The number of aromatic nitrogens is 1. The first-order valence-electron chi connectivity index (χ1n) is 7.14. The Hall–Kier alpha value is -3.07. The average molecular weight is 286 g/mol. The highest BCUT2D eigenvalue weighted by atomic mass is 16.1. The molecule has 3 nitrogen and oxygen atoms in total. The first kappa shape index (κ1) is 12.7. The second-order valence-corrected chi connectivity index (χ2v) is 5.34. The highest BCUT2D eigenvalue weighted by Crippen LogP contribution is 2.34. The number of primary amides is 1. The Morgan fingerprint density at radius 3 is 2.32 bits per heavy atom. The van der Waals surface area contributed by atoms with Gasteiger partial charge in [-0.1, -0.05) is 42.5 Å². The summed E-state index contributed by atoms with van der Waals surface area (Å²) in [6.45, 7) is 0. The molecule has 1 amide bonds. The summed E-state index contributed by atoms with van der Waals surface area (Å²) in [5.41, 5.74) is 10.3. The Balaban J connectivity index is 2.00. The smallest absolute Gasteiger partial charge is 0.248 e. The molecule has 0 radical (unpaired) electrons. The number of nitrogens with one attached hydrogen (secondary N) is 1. The van der Waals surface area contributed by atoms with Crippen molar-refractivity contribution in [1.82, 2.24) is 4.98 Å². The molecule has 0 aliphatic heterocycles. The zero-order valence-electron chi connectivity index (χ0n) is 11.8. The minimum atomic E-state index is -0.406. The zero-order chi connectivity index (χ0) is 15.1. The Morgan fingerprint density at radius 1 is 0.818 bits per heavy atom. The predicted octanol–water partition coefficient (Wildman–Crippen LogP) is 4.09. The number of carbonyl (C=O) groups is 1. The minimum Gasteiger partial charge on any atom is -0.366 e. The number of fused-ring (bicyclic) bond motifs is 3. The fourth-order valence-electron chi connectivity index (χ4n) is 2.96. The summed E-state index contributed by atoms with van der Waals surface area (Å²) in [4.78, 5) is 14.7. The molecule has 3 N–H and O–H groups in total. The Bertz CT molecular complexity index is 997. The number of nitrogens with two attached hydrogens (primary N) is 1. The van der Waals surface area contributed by atoms with Gasteiger partial charge >= 0.3 is 0 Å². The average Bonchev–Trinajstić information content (AvgIpc) is 2.93. The molecule has 22 heavy (non-hydrogen) atoms. The summed E-state index contributed by atoms with van der Waals surface area (Å²) in [6.07, 6.45) is 0. The van der Waals surface area contributed by atoms with E-state index in [1.165, 1.54) is 10.8 Å². The molecule has 0 aliphatic carbocycles. The van der Waals surface area contributed by atoms with E-state index in [-0.39, 0.29) is 0 Å². The van der Waals surface area contributed by atoms with Crippen molar-refractivity contribution in [3.63, 3.8) is 0 Å². The summed E-state index contributed by atoms with van der Waals surface area (Å²) >= 11 is 0. The minimum absolute atomic E-state index is 0.406. The van der Waals surface area contributed by atoms with Crippen molar-refractivity contribution in [3.05, 3.63) is 72.3 Å². The number of amides is 1. The van der Waals surface area contributed by atoms with Gasteiger partial charge in [-0.2, -0.15) is 0 Å². The first-order chi connectivity index (χ1) is 10.7. The fourth-order valence-corrected chi connectivity index (χ4v) is 2.96. The molecule has 3 aromatic carbocycles. The number of aromatic amines is 1. The molecule has 3 heteroatoms. The van der Waals surface area contributed by atoms with Crippen molar-refractivity contribution >= 4 is 27.7 Å². The number of hydrogen-bond acceptors (Lipinski definition) is 1. The van der Waals surface area contributed by atoms with Crippen molar-refractivity contribution in [1.29, 1.82) is 0 Å². The maximum Gasteiger partial charge on any atom is 0.248 e. The van der Waals surface area contributed by atoms with Crippen LogP contribution in [0.3, 0.4) is 0 Å². The lowest BCUT2D eigenvalue weighted by molar-refractivity contribution is 0.100. The van der Waals surface area contributed by atoms with E-state index in [0.717, 1.165) is 22.2 Å². The van der Waals surface area contributed by atoms with Gasteiger partial charge in [0, 0.05) is 27.4 Å². The molecule has 0 atom stereocenters. The maximum atomic E-state index is 11.2. The summed E-state index contributed by atoms with van der Waals surface area (Å²) in [6, 6.07) is 21.9. The van der Waals surface area contributed by atoms with Crippen LogP contribution in [0.15, 0.2) is 66.7 Å². The van der Waals surface area contributed by atoms with Gasteiger partial charge in [0.15, 0.2) is 0 Å². The molecule has 1 aromatic heterocycles. The van der Waals surface area contributed by atoms with Gasteiger partial charge in [-0.15, -0.1) is 0 Å². The summed E-state index contributed by atoms with van der Waals surface area (Å²) in [7, 11) is 0. The van der Waals surface area contributed by atoms with E-state index in [1.54, 1.807) is 12.1 Å².